The first-order valence-corrected chi connectivity index (χ1v) is 11.1. The molecule has 2 amide bonds. The molecule has 3 rings (SSSR count). The first kappa shape index (κ1) is 24.4. The lowest BCUT2D eigenvalue weighted by atomic mass is 9.72. The molecule has 0 unspecified atom stereocenters. The van der Waals surface area contributed by atoms with E-state index in [0.29, 0.717) is 6.42 Å². The SMILES string of the molecule is CC(C)C[C@H](NC(=O)[C@H](Cc1ccccc1)NC(=O)c1cnccn1)B1OC(=O)C[C@H](C)O1. The number of hydrogen-bond acceptors (Lipinski definition) is 7. The summed E-state index contributed by atoms with van der Waals surface area (Å²) in [6, 6.07) is 8.50. The van der Waals surface area contributed by atoms with Crippen molar-refractivity contribution in [3.8, 4) is 0 Å². The van der Waals surface area contributed by atoms with Gasteiger partial charge in [0.05, 0.1) is 24.7 Å². The topological polar surface area (TPSA) is 120 Å². The number of nitrogens with zero attached hydrogens (tertiary/aromatic N) is 2. The molecule has 174 valence electrons. The molecule has 0 radical (unpaired) electrons. The van der Waals surface area contributed by atoms with Crippen LogP contribution in [0, 0.1) is 5.92 Å². The second-order valence-corrected chi connectivity index (χ2v) is 8.56. The molecule has 0 saturated carbocycles. The van der Waals surface area contributed by atoms with Crippen LogP contribution >= 0.6 is 0 Å². The Bertz CT molecular complexity index is 944. The van der Waals surface area contributed by atoms with E-state index in [-0.39, 0.29) is 36.5 Å². The van der Waals surface area contributed by atoms with Crippen molar-refractivity contribution in [1.82, 2.24) is 20.6 Å². The molecule has 1 aromatic heterocycles. The maximum absolute atomic E-state index is 13.4. The lowest BCUT2D eigenvalue weighted by Crippen LogP contribution is -2.58. The zero-order valence-electron chi connectivity index (χ0n) is 19.1. The van der Waals surface area contributed by atoms with Gasteiger partial charge in [0.1, 0.15) is 11.7 Å². The van der Waals surface area contributed by atoms with Gasteiger partial charge in [0.15, 0.2) is 0 Å². The first-order chi connectivity index (χ1) is 15.8. The minimum Gasteiger partial charge on any atom is -0.508 e. The summed E-state index contributed by atoms with van der Waals surface area (Å²) in [5.74, 6) is -1.63. The van der Waals surface area contributed by atoms with Gasteiger partial charge in [-0.05, 0) is 24.8 Å². The summed E-state index contributed by atoms with van der Waals surface area (Å²) in [5.41, 5.74) is 0.993. The molecule has 33 heavy (non-hydrogen) atoms. The summed E-state index contributed by atoms with van der Waals surface area (Å²) in [6.07, 6.45) is 4.89. The van der Waals surface area contributed by atoms with Crippen molar-refractivity contribution < 1.29 is 23.7 Å². The Morgan fingerprint density at radius 1 is 1.18 bits per heavy atom. The largest absolute Gasteiger partial charge is 0.551 e. The van der Waals surface area contributed by atoms with Gasteiger partial charge >= 0.3 is 7.12 Å². The average Bonchev–Trinajstić information content (AvgIpc) is 2.78. The standard InChI is InChI=1S/C23H29BN4O5/c1-15(2)11-20(24-32-16(3)12-21(29)33-24)28-22(30)18(13-17-7-5-4-6-8-17)27-23(31)19-14-25-9-10-26-19/h4-10,14-16,18,20H,11-13H2,1-3H3,(H,27,31)(H,28,30)/t16-,18-,20-/m0/s1. The number of benzene rings is 1. The fourth-order valence-corrected chi connectivity index (χ4v) is 3.63. The Labute approximate surface area is 193 Å². The summed E-state index contributed by atoms with van der Waals surface area (Å²) in [7, 11) is -0.888. The maximum atomic E-state index is 13.4. The average molecular weight is 452 g/mol. The smallest absolute Gasteiger partial charge is 0.508 e. The summed E-state index contributed by atoms with van der Waals surface area (Å²) in [6.45, 7) is 5.80. The molecule has 2 N–H and O–H groups in total. The number of rotatable bonds is 9. The van der Waals surface area contributed by atoms with Crippen LogP contribution in [-0.4, -0.2) is 53.0 Å². The van der Waals surface area contributed by atoms with Crippen LogP contribution in [0.4, 0.5) is 0 Å². The number of amides is 2. The molecule has 1 aliphatic rings. The number of hydrogen-bond donors (Lipinski definition) is 2. The molecule has 0 aliphatic carbocycles. The summed E-state index contributed by atoms with van der Waals surface area (Å²) < 4.78 is 11.2. The van der Waals surface area contributed by atoms with Crippen LogP contribution in [0.1, 0.15) is 49.7 Å². The van der Waals surface area contributed by atoms with Crippen LogP contribution in [0.5, 0.6) is 0 Å². The van der Waals surface area contributed by atoms with Gasteiger partial charge in [-0.15, -0.1) is 0 Å². The molecule has 1 fully saturated rings. The third-order valence-corrected chi connectivity index (χ3v) is 5.15. The molecule has 1 saturated heterocycles. The Hall–Kier alpha value is -3.27. The van der Waals surface area contributed by atoms with Crippen LogP contribution in [0.2, 0.25) is 0 Å². The maximum Gasteiger partial charge on any atom is 0.551 e. The lowest BCUT2D eigenvalue weighted by molar-refractivity contribution is -0.142. The normalized spacial score (nSPS) is 17.8. The van der Waals surface area contributed by atoms with Crippen LogP contribution in [0.3, 0.4) is 0 Å². The van der Waals surface area contributed by atoms with Crippen molar-refractivity contribution in [1.29, 1.82) is 0 Å². The highest BCUT2D eigenvalue weighted by Crippen LogP contribution is 2.18. The lowest BCUT2D eigenvalue weighted by Gasteiger charge is -2.32. The summed E-state index contributed by atoms with van der Waals surface area (Å²) in [5, 5.41) is 5.70. The second kappa shape index (κ2) is 11.6. The van der Waals surface area contributed by atoms with Gasteiger partial charge in [-0.2, -0.15) is 0 Å². The van der Waals surface area contributed by atoms with E-state index in [1.807, 2.05) is 44.2 Å². The van der Waals surface area contributed by atoms with E-state index in [2.05, 4.69) is 20.6 Å². The Balaban J connectivity index is 1.78. The second-order valence-electron chi connectivity index (χ2n) is 8.56. The van der Waals surface area contributed by atoms with Gasteiger partial charge in [-0.1, -0.05) is 44.2 Å². The van der Waals surface area contributed by atoms with Crippen molar-refractivity contribution >= 4 is 24.9 Å². The number of nitrogens with one attached hydrogen (secondary N) is 2. The van der Waals surface area contributed by atoms with E-state index >= 15 is 0 Å². The Morgan fingerprint density at radius 2 is 1.94 bits per heavy atom. The van der Waals surface area contributed by atoms with E-state index in [1.165, 1.54) is 18.6 Å². The van der Waals surface area contributed by atoms with Gasteiger partial charge in [-0.3, -0.25) is 19.4 Å². The van der Waals surface area contributed by atoms with E-state index in [1.54, 1.807) is 6.92 Å². The first-order valence-electron chi connectivity index (χ1n) is 11.1. The number of aromatic nitrogens is 2. The summed E-state index contributed by atoms with van der Waals surface area (Å²) >= 11 is 0. The predicted octanol–water partition coefficient (Wildman–Crippen LogP) is 1.73. The molecule has 10 heteroatoms. The van der Waals surface area contributed by atoms with Crippen LogP contribution in [0.15, 0.2) is 48.9 Å². The van der Waals surface area contributed by atoms with Gasteiger partial charge in [0.2, 0.25) is 5.91 Å². The van der Waals surface area contributed by atoms with Crippen molar-refractivity contribution in [2.45, 2.75) is 58.1 Å². The molecule has 1 aromatic carbocycles. The molecule has 1 aliphatic heterocycles. The molecular weight excluding hydrogens is 423 g/mol. The third kappa shape index (κ3) is 7.39. The van der Waals surface area contributed by atoms with Crippen LogP contribution < -0.4 is 10.6 Å². The quantitative estimate of drug-likeness (QED) is 0.556. The number of carbonyl (C=O) groups excluding carboxylic acids is 3. The minimum atomic E-state index is -0.888. The van der Waals surface area contributed by atoms with Gasteiger partial charge in [0.25, 0.3) is 11.9 Å². The number of carbonyl (C=O) groups is 3. The fraction of sp³-hybridized carbons (Fsp3) is 0.435. The molecule has 2 aromatic rings. The van der Waals surface area contributed by atoms with Crippen LogP contribution in [0.25, 0.3) is 0 Å². The Morgan fingerprint density at radius 3 is 2.58 bits per heavy atom. The van der Waals surface area contributed by atoms with Crippen molar-refractivity contribution in [2.75, 3.05) is 0 Å². The van der Waals surface area contributed by atoms with Crippen molar-refractivity contribution in [3.63, 3.8) is 0 Å². The highest BCUT2D eigenvalue weighted by atomic mass is 16.6. The fourth-order valence-electron chi connectivity index (χ4n) is 3.63. The monoisotopic (exact) mass is 452 g/mol. The van der Waals surface area contributed by atoms with Gasteiger partial charge < -0.3 is 19.9 Å². The molecular formula is C23H29BN4O5. The highest BCUT2D eigenvalue weighted by Gasteiger charge is 2.41. The van der Waals surface area contributed by atoms with E-state index in [4.69, 9.17) is 9.31 Å². The zero-order valence-corrected chi connectivity index (χ0v) is 19.1. The minimum absolute atomic E-state index is 0.112. The van der Waals surface area contributed by atoms with E-state index in [0.717, 1.165) is 5.56 Å². The molecule has 2 heterocycles. The third-order valence-electron chi connectivity index (χ3n) is 5.15. The summed E-state index contributed by atoms with van der Waals surface area (Å²) in [4.78, 5) is 45.9. The highest BCUT2D eigenvalue weighted by molar-refractivity contribution is 6.49. The van der Waals surface area contributed by atoms with E-state index in [9.17, 15) is 14.4 Å². The van der Waals surface area contributed by atoms with Crippen molar-refractivity contribution in [3.05, 3.63) is 60.2 Å². The molecule has 3 atom stereocenters. The van der Waals surface area contributed by atoms with Gasteiger partial charge in [-0.25, -0.2) is 4.98 Å². The van der Waals surface area contributed by atoms with Crippen LogP contribution in [-0.2, 0) is 25.3 Å². The molecule has 0 spiro atoms. The van der Waals surface area contributed by atoms with Gasteiger partial charge in [0, 0.05) is 18.8 Å². The Kier molecular flexibility index (Phi) is 8.54. The van der Waals surface area contributed by atoms with Crippen molar-refractivity contribution in [2.24, 2.45) is 5.92 Å². The molecule has 9 nitrogen and oxygen atoms in total. The molecule has 0 bridgehead atoms. The zero-order chi connectivity index (χ0) is 23.8. The predicted molar refractivity (Wildman–Crippen MR) is 122 cm³/mol. The van der Waals surface area contributed by atoms with E-state index < -0.39 is 30.9 Å².